The van der Waals surface area contributed by atoms with Gasteiger partial charge in [0, 0.05) is 12.1 Å². The van der Waals surface area contributed by atoms with Crippen LogP contribution in [0.5, 0.6) is 0 Å². The van der Waals surface area contributed by atoms with E-state index in [1.54, 1.807) is 0 Å². The number of fused-ring (bicyclic) bond motifs is 1. The summed E-state index contributed by atoms with van der Waals surface area (Å²) in [6, 6.07) is 0. The summed E-state index contributed by atoms with van der Waals surface area (Å²) in [6.07, 6.45) is -11.6. The minimum absolute atomic E-state index is 0.0354. The molecular weight excluding hydrogens is 406 g/mol. The highest BCUT2D eigenvalue weighted by molar-refractivity contribution is 5.68. The van der Waals surface area contributed by atoms with Crippen LogP contribution in [-0.4, -0.2) is 40.3 Å². The monoisotopic (exact) mass is 421 g/mol. The van der Waals surface area contributed by atoms with Gasteiger partial charge >= 0.3 is 24.4 Å². The Kier molecular flexibility index (Phi) is 6.04. The van der Waals surface area contributed by atoms with E-state index in [2.05, 4.69) is 9.97 Å². The third-order valence-corrected chi connectivity index (χ3v) is 3.95. The molecule has 5 nitrogen and oxygen atoms in total. The topological polar surface area (TPSA) is 55.3 Å². The standard InChI is InChI=1S/C15H15F8N3O2/c1-2-3-6-28-12(27)26-5-4-8-9(7-26)24-11(13(16,17)15(21,22)23)25-10(8)14(18,19)20/h2-7H2,1H3. The molecule has 0 N–H and O–H groups in total. The number of hydrogen-bond acceptors (Lipinski definition) is 4. The van der Waals surface area contributed by atoms with Crippen LogP contribution in [0.15, 0.2) is 0 Å². The van der Waals surface area contributed by atoms with Crippen molar-refractivity contribution in [3.05, 3.63) is 22.8 Å². The van der Waals surface area contributed by atoms with E-state index >= 15 is 0 Å². The van der Waals surface area contributed by atoms with Gasteiger partial charge in [-0.25, -0.2) is 14.8 Å². The average Bonchev–Trinajstić information content (AvgIpc) is 2.58. The van der Waals surface area contributed by atoms with Gasteiger partial charge < -0.3 is 9.64 Å². The zero-order chi connectivity index (χ0) is 21.3. The molecule has 1 aliphatic rings. The van der Waals surface area contributed by atoms with Crippen molar-refractivity contribution in [1.29, 1.82) is 0 Å². The molecule has 2 rings (SSSR count). The van der Waals surface area contributed by atoms with E-state index in [-0.39, 0.29) is 13.2 Å². The van der Waals surface area contributed by atoms with Gasteiger partial charge in [0.05, 0.1) is 18.8 Å². The number of hydrogen-bond donors (Lipinski definition) is 0. The van der Waals surface area contributed by atoms with Crippen LogP contribution < -0.4 is 0 Å². The Balaban J connectivity index is 2.43. The van der Waals surface area contributed by atoms with E-state index in [0.717, 1.165) is 4.90 Å². The number of aromatic nitrogens is 2. The lowest BCUT2D eigenvalue weighted by Crippen LogP contribution is -2.41. The smallest absolute Gasteiger partial charge is 0.449 e. The van der Waals surface area contributed by atoms with Gasteiger partial charge in [0.25, 0.3) is 0 Å². The number of amides is 1. The average molecular weight is 421 g/mol. The molecule has 0 bridgehead atoms. The zero-order valence-corrected chi connectivity index (χ0v) is 14.4. The van der Waals surface area contributed by atoms with Crippen molar-refractivity contribution >= 4 is 6.09 Å². The molecule has 28 heavy (non-hydrogen) atoms. The Morgan fingerprint density at radius 3 is 2.29 bits per heavy atom. The molecule has 158 valence electrons. The number of carbonyl (C=O) groups is 1. The maximum Gasteiger partial charge on any atom is 0.461 e. The van der Waals surface area contributed by atoms with Crippen LogP contribution >= 0.6 is 0 Å². The second-order valence-corrected chi connectivity index (χ2v) is 6.03. The van der Waals surface area contributed by atoms with Crippen molar-refractivity contribution in [2.75, 3.05) is 13.2 Å². The third-order valence-electron chi connectivity index (χ3n) is 3.95. The molecular formula is C15H15F8N3O2. The Morgan fingerprint density at radius 1 is 1.11 bits per heavy atom. The van der Waals surface area contributed by atoms with Crippen molar-refractivity contribution < 1.29 is 44.7 Å². The Bertz CT molecular complexity index is 733. The second-order valence-electron chi connectivity index (χ2n) is 6.03. The minimum Gasteiger partial charge on any atom is -0.449 e. The lowest BCUT2D eigenvalue weighted by atomic mass is 10.0. The summed E-state index contributed by atoms with van der Waals surface area (Å²) >= 11 is 0. The number of ether oxygens (including phenoxy) is 1. The highest BCUT2D eigenvalue weighted by Gasteiger charge is 2.62. The maximum absolute atomic E-state index is 13.5. The number of rotatable bonds is 4. The molecule has 0 saturated heterocycles. The molecule has 1 amide bonds. The lowest BCUT2D eigenvalue weighted by molar-refractivity contribution is -0.293. The minimum atomic E-state index is -6.18. The first kappa shape index (κ1) is 22.1. The lowest BCUT2D eigenvalue weighted by Gasteiger charge is -2.30. The summed E-state index contributed by atoms with van der Waals surface area (Å²) in [5.74, 6) is -8.00. The molecule has 0 radical (unpaired) electrons. The van der Waals surface area contributed by atoms with E-state index < -0.39 is 60.1 Å². The highest BCUT2D eigenvalue weighted by Crippen LogP contribution is 2.44. The number of carbonyl (C=O) groups excluding carboxylic acids is 1. The van der Waals surface area contributed by atoms with E-state index in [9.17, 15) is 39.9 Å². The fourth-order valence-electron chi connectivity index (χ4n) is 2.48. The number of halogens is 8. The van der Waals surface area contributed by atoms with Crippen LogP contribution in [0.3, 0.4) is 0 Å². The number of unbranched alkanes of at least 4 members (excludes halogenated alkanes) is 1. The zero-order valence-electron chi connectivity index (χ0n) is 14.4. The largest absolute Gasteiger partial charge is 0.461 e. The van der Waals surface area contributed by atoms with Gasteiger partial charge in [0.1, 0.15) is 0 Å². The first-order chi connectivity index (χ1) is 12.8. The molecule has 0 aliphatic carbocycles. The van der Waals surface area contributed by atoms with Crippen LogP contribution in [0.1, 0.15) is 42.5 Å². The predicted octanol–water partition coefficient (Wildman–Crippen LogP) is 4.44. The van der Waals surface area contributed by atoms with E-state index in [4.69, 9.17) is 4.74 Å². The fraction of sp³-hybridized carbons (Fsp3) is 0.667. The molecule has 0 atom stereocenters. The molecule has 13 heteroatoms. The molecule has 0 aromatic carbocycles. The van der Waals surface area contributed by atoms with Gasteiger partial charge in [0.2, 0.25) is 5.82 Å². The fourth-order valence-corrected chi connectivity index (χ4v) is 2.48. The van der Waals surface area contributed by atoms with E-state index in [0.29, 0.717) is 12.8 Å². The molecule has 0 unspecified atom stereocenters. The Morgan fingerprint density at radius 2 is 1.75 bits per heavy atom. The van der Waals surface area contributed by atoms with Gasteiger partial charge in [-0.1, -0.05) is 13.3 Å². The van der Waals surface area contributed by atoms with E-state index in [1.165, 1.54) is 0 Å². The molecule has 1 aromatic heterocycles. The van der Waals surface area contributed by atoms with Crippen molar-refractivity contribution in [2.45, 2.75) is 51.0 Å². The van der Waals surface area contributed by atoms with Crippen molar-refractivity contribution in [2.24, 2.45) is 0 Å². The van der Waals surface area contributed by atoms with Crippen molar-refractivity contribution in [3.8, 4) is 0 Å². The number of alkyl halides is 8. The number of nitrogens with zero attached hydrogens (tertiary/aromatic N) is 3. The van der Waals surface area contributed by atoms with Crippen LogP contribution in [0.25, 0.3) is 0 Å². The molecule has 1 aromatic rings. The summed E-state index contributed by atoms with van der Waals surface area (Å²) in [4.78, 5) is 18.3. The summed E-state index contributed by atoms with van der Waals surface area (Å²) < 4.78 is 109. The normalized spacial score (nSPS) is 15.4. The van der Waals surface area contributed by atoms with Gasteiger partial charge in [0.15, 0.2) is 5.69 Å². The van der Waals surface area contributed by atoms with Crippen molar-refractivity contribution in [3.63, 3.8) is 0 Å². The summed E-state index contributed by atoms with van der Waals surface area (Å²) in [5.41, 5.74) is -3.21. The van der Waals surface area contributed by atoms with Gasteiger partial charge in [-0.05, 0) is 12.8 Å². The Labute approximate surface area is 153 Å². The summed E-state index contributed by atoms with van der Waals surface area (Å²) in [5, 5.41) is 0. The molecule has 1 aliphatic heterocycles. The summed E-state index contributed by atoms with van der Waals surface area (Å²) in [6.45, 7) is 0.906. The summed E-state index contributed by atoms with van der Waals surface area (Å²) in [7, 11) is 0. The van der Waals surface area contributed by atoms with Crippen LogP contribution in [0.4, 0.5) is 39.9 Å². The SMILES string of the molecule is CCCCOC(=O)N1CCc2c(nc(C(F)(F)C(F)(F)F)nc2C(F)(F)F)C1. The first-order valence-corrected chi connectivity index (χ1v) is 8.12. The predicted molar refractivity (Wildman–Crippen MR) is 77.4 cm³/mol. The first-order valence-electron chi connectivity index (χ1n) is 8.12. The van der Waals surface area contributed by atoms with Crippen LogP contribution in [0, 0.1) is 0 Å². The van der Waals surface area contributed by atoms with E-state index in [1.807, 2.05) is 6.92 Å². The highest BCUT2D eigenvalue weighted by atomic mass is 19.4. The van der Waals surface area contributed by atoms with Gasteiger partial charge in [-0.15, -0.1) is 0 Å². The maximum atomic E-state index is 13.5. The molecule has 0 fully saturated rings. The Hall–Kier alpha value is -2.21. The molecule has 2 heterocycles. The molecule has 0 saturated carbocycles. The quantitative estimate of drug-likeness (QED) is 0.533. The van der Waals surface area contributed by atoms with Gasteiger partial charge in [-0.2, -0.15) is 35.1 Å². The second kappa shape index (κ2) is 7.66. The van der Waals surface area contributed by atoms with Crippen LogP contribution in [-0.2, 0) is 29.8 Å². The molecule has 0 spiro atoms. The van der Waals surface area contributed by atoms with Gasteiger partial charge in [-0.3, -0.25) is 0 Å². The van der Waals surface area contributed by atoms with Crippen molar-refractivity contribution in [1.82, 2.24) is 14.9 Å². The third kappa shape index (κ3) is 4.43. The van der Waals surface area contributed by atoms with Crippen LogP contribution in [0.2, 0.25) is 0 Å².